The van der Waals surface area contributed by atoms with Crippen LogP contribution in [0.5, 0.6) is 11.6 Å². The number of nitrogens with zero attached hydrogens (tertiary/aromatic N) is 2. The Kier molecular flexibility index (Phi) is 4.97. The van der Waals surface area contributed by atoms with E-state index in [4.69, 9.17) is 10.5 Å². The first kappa shape index (κ1) is 16.0. The highest BCUT2D eigenvalue weighted by Gasteiger charge is 2.10. The molecule has 0 unspecified atom stereocenters. The topological polar surface area (TPSA) is 73.1 Å². The van der Waals surface area contributed by atoms with Crippen LogP contribution >= 0.6 is 38.5 Å². The van der Waals surface area contributed by atoms with Gasteiger partial charge in [0, 0.05) is 13.7 Å². The van der Waals surface area contributed by atoms with Crippen molar-refractivity contribution < 1.29 is 4.74 Å². The maximum atomic E-state index is 6.12. The number of nitrogens with one attached hydrogen (secondary N) is 1. The molecule has 1 heterocycles. The summed E-state index contributed by atoms with van der Waals surface area (Å²) >= 11 is 5.64. The molecule has 0 aliphatic heterocycles. The zero-order chi connectivity index (χ0) is 16.2. The van der Waals surface area contributed by atoms with Crippen molar-refractivity contribution in [2.75, 3.05) is 11.1 Å². The van der Waals surface area contributed by atoms with Gasteiger partial charge in [-0.05, 0) is 71.1 Å². The van der Waals surface area contributed by atoms with Gasteiger partial charge >= 0.3 is 0 Å². The van der Waals surface area contributed by atoms with Gasteiger partial charge in [-0.3, -0.25) is 0 Å². The molecule has 3 rings (SSSR count). The Hall–Kier alpha value is -1.87. The molecule has 0 aliphatic carbocycles. The fraction of sp³-hybridized carbons (Fsp3) is 0. The molecule has 116 valence electrons. The lowest BCUT2D eigenvalue weighted by Crippen LogP contribution is -2.03. The molecule has 2 aromatic carbocycles. The van der Waals surface area contributed by atoms with Gasteiger partial charge in [0.1, 0.15) is 17.8 Å². The first-order valence-electron chi connectivity index (χ1n) is 6.68. The molecule has 3 N–H and O–H groups in total. The third kappa shape index (κ3) is 4.11. The molecule has 0 atom stereocenters. The van der Waals surface area contributed by atoms with E-state index in [1.54, 1.807) is 0 Å². The van der Waals surface area contributed by atoms with E-state index in [0.29, 0.717) is 23.1 Å². The van der Waals surface area contributed by atoms with Crippen molar-refractivity contribution in [1.29, 1.82) is 0 Å². The van der Waals surface area contributed by atoms with Gasteiger partial charge in [0.15, 0.2) is 5.82 Å². The van der Waals surface area contributed by atoms with Crippen LogP contribution in [0.2, 0.25) is 0 Å². The normalized spacial score (nSPS) is 10.3. The van der Waals surface area contributed by atoms with Crippen LogP contribution in [0.15, 0.2) is 59.3 Å². The van der Waals surface area contributed by atoms with Gasteiger partial charge in [-0.2, -0.15) is 4.98 Å². The second-order valence-electron chi connectivity index (χ2n) is 4.63. The number of rotatable bonds is 4. The Morgan fingerprint density at radius 1 is 1.00 bits per heavy atom. The average molecular weight is 483 g/mol. The van der Waals surface area contributed by atoms with Crippen LogP contribution in [0.25, 0.3) is 0 Å². The van der Waals surface area contributed by atoms with Crippen molar-refractivity contribution in [3.05, 3.63) is 62.9 Å². The van der Waals surface area contributed by atoms with Crippen molar-refractivity contribution in [3.63, 3.8) is 0 Å². The maximum absolute atomic E-state index is 6.12. The highest BCUT2D eigenvalue weighted by Crippen LogP contribution is 2.31. The minimum absolute atomic E-state index is 0.315. The van der Waals surface area contributed by atoms with E-state index in [2.05, 4.69) is 53.8 Å². The van der Waals surface area contributed by atoms with Gasteiger partial charge < -0.3 is 15.8 Å². The molecule has 1 aromatic heterocycles. The number of anilines is 3. The summed E-state index contributed by atoms with van der Waals surface area (Å²) in [6.07, 6.45) is 1.42. The fourth-order valence-electron chi connectivity index (χ4n) is 1.84. The number of hydrogen-bond donors (Lipinski definition) is 2. The Bertz CT molecular complexity index is 744. The molecule has 0 radical (unpaired) electrons. The van der Waals surface area contributed by atoms with Gasteiger partial charge in [0.25, 0.3) is 0 Å². The second-order valence-corrected chi connectivity index (χ2v) is 6.79. The van der Waals surface area contributed by atoms with E-state index in [1.807, 2.05) is 48.5 Å². The summed E-state index contributed by atoms with van der Waals surface area (Å²) in [6.45, 7) is 0. The van der Waals surface area contributed by atoms with Crippen LogP contribution in [-0.2, 0) is 0 Å². The SMILES string of the molecule is Nc1c(Nc2ccc(I)cc2)ncnc1Oc1ccc(Br)cc1. The summed E-state index contributed by atoms with van der Waals surface area (Å²) in [5.74, 6) is 1.47. The standard InChI is InChI=1S/C16H12BrIN4O/c17-10-1-7-13(8-2-10)23-16-14(19)15(20-9-21-16)22-12-5-3-11(18)4-6-12/h1-9H,19H2,(H,20,21,22). The highest BCUT2D eigenvalue weighted by atomic mass is 127. The van der Waals surface area contributed by atoms with Crippen molar-refractivity contribution in [1.82, 2.24) is 9.97 Å². The molecule has 3 aromatic rings. The van der Waals surface area contributed by atoms with Gasteiger partial charge in [0.2, 0.25) is 5.88 Å². The molecule has 5 nitrogen and oxygen atoms in total. The number of nitrogens with two attached hydrogens (primary N) is 1. The van der Waals surface area contributed by atoms with Crippen LogP contribution < -0.4 is 15.8 Å². The Labute approximate surface area is 155 Å². The number of ether oxygens (including phenoxy) is 1. The monoisotopic (exact) mass is 482 g/mol. The minimum atomic E-state index is 0.315. The zero-order valence-electron chi connectivity index (χ0n) is 11.8. The lowest BCUT2D eigenvalue weighted by atomic mass is 10.3. The van der Waals surface area contributed by atoms with Gasteiger partial charge in [-0.1, -0.05) is 15.9 Å². The molecule has 0 saturated carbocycles. The molecule has 0 aliphatic rings. The van der Waals surface area contributed by atoms with Crippen LogP contribution in [0, 0.1) is 3.57 Å². The molecule has 7 heteroatoms. The van der Waals surface area contributed by atoms with Crippen molar-refractivity contribution in [3.8, 4) is 11.6 Å². The lowest BCUT2D eigenvalue weighted by Gasteiger charge is -2.12. The predicted octanol–water partition coefficient (Wildman–Crippen LogP) is 4.96. The van der Waals surface area contributed by atoms with Crippen molar-refractivity contribution in [2.45, 2.75) is 0 Å². The molecule has 0 saturated heterocycles. The Balaban J connectivity index is 1.83. The zero-order valence-corrected chi connectivity index (χ0v) is 15.6. The largest absolute Gasteiger partial charge is 0.437 e. The lowest BCUT2D eigenvalue weighted by molar-refractivity contribution is 0.464. The van der Waals surface area contributed by atoms with E-state index in [-0.39, 0.29) is 0 Å². The summed E-state index contributed by atoms with van der Waals surface area (Å²) in [7, 11) is 0. The molecule has 0 fully saturated rings. The van der Waals surface area contributed by atoms with E-state index < -0.39 is 0 Å². The molecule has 23 heavy (non-hydrogen) atoms. The summed E-state index contributed by atoms with van der Waals surface area (Å²) in [6, 6.07) is 15.3. The van der Waals surface area contributed by atoms with Crippen LogP contribution in [0.4, 0.5) is 17.2 Å². The maximum Gasteiger partial charge on any atom is 0.248 e. The van der Waals surface area contributed by atoms with Crippen LogP contribution in [0.3, 0.4) is 0 Å². The number of nitrogen functional groups attached to an aromatic ring is 1. The quantitative estimate of drug-likeness (QED) is 0.514. The third-order valence-corrected chi connectivity index (χ3v) is 4.23. The number of benzene rings is 2. The Morgan fingerprint density at radius 3 is 2.39 bits per heavy atom. The van der Waals surface area contributed by atoms with Gasteiger partial charge in [0.05, 0.1) is 0 Å². The second kappa shape index (κ2) is 7.14. The van der Waals surface area contributed by atoms with Crippen molar-refractivity contribution in [2.24, 2.45) is 0 Å². The van der Waals surface area contributed by atoms with E-state index in [9.17, 15) is 0 Å². The number of hydrogen-bond acceptors (Lipinski definition) is 5. The molecule has 0 bridgehead atoms. The fourth-order valence-corrected chi connectivity index (χ4v) is 2.47. The summed E-state index contributed by atoms with van der Waals surface area (Å²) in [4.78, 5) is 8.28. The first-order valence-corrected chi connectivity index (χ1v) is 8.55. The summed E-state index contributed by atoms with van der Waals surface area (Å²) < 4.78 is 7.85. The molecular weight excluding hydrogens is 471 g/mol. The summed E-state index contributed by atoms with van der Waals surface area (Å²) in [5, 5.41) is 3.17. The average Bonchev–Trinajstić information content (AvgIpc) is 2.55. The third-order valence-electron chi connectivity index (χ3n) is 2.98. The van der Waals surface area contributed by atoms with Crippen molar-refractivity contribution >= 4 is 55.7 Å². The predicted molar refractivity (Wildman–Crippen MR) is 103 cm³/mol. The van der Waals surface area contributed by atoms with E-state index in [1.165, 1.54) is 6.33 Å². The van der Waals surface area contributed by atoms with E-state index in [0.717, 1.165) is 13.7 Å². The Morgan fingerprint density at radius 2 is 1.70 bits per heavy atom. The summed E-state index contributed by atoms with van der Waals surface area (Å²) in [5.41, 5.74) is 7.36. The highest BCUT2D eigenvalue weighted by molar-refractivity contribution is 14.1. The first-order chi connectivity index (χ1) is 11.1. The van der Waals surface area contributed by atoms with Gasteiger partial charge in [-0.25, -0.2) is 4.98 Å². The van der Waals surface area contributed by atoms with Gasteiger partial charge in [-0.15, -0.1) is 0 Å². The minimum Gasteiger partial charge on any atom is -0.437 e. The molecule has 0 spiro atoms. The number of aromatic nitrogens is 2. The smallest absolute Gasteiger partial charge is 0.248 e. The molecular formula is C16H12BrIN4O. The van der Waals surface area contributed by atoms with Crippen LogP contribution in [0.1, 0.15) is 0 Å². The number of halogens is 2. The van der Waals surface area contributed by atoms with Crippen LogP contribution in [-0.4, -0.2) is 9.97 Å². The molecule has 0 amide bonds. The van der Waals surface area contributed by atoms with E-state index >= 15 is 0 Å².